The maximum atomic E-state index is 12.2. The standard InChI is InChI=1S/C18H27N3O2/c1-4-6-14(2)12-21-10-8-15(13-21)11-19-17(22)16-7-5-9-20(3)18(16)23/h5-7,9,15H,4,8,10-13H2,1-3H3,(H,19,22)/b14-6+/t15-/m1/s1. The summed E-state index contributed by atoms with van der Waals surface area (Å²) in [6.45, 7) is 8.04. The molecule has 1 aliphatic rings. The molecule has 1 aromatic heterocycles. The fourth-order valence-electron chi connectivity index (χ4n) is 3.09. The van der Waals surface area contributed by atoms with Crippen LogP contribution in [0.4, 0.5) is 0 Å². The third kappa shape index (κ3) is 4.79. The molecule has 5 nitrogen and oxygen atoms in total. The highest BCUT2D eigenvalue weighted by Crippen LogP contribution is 2.16. The molecule has 126 valence electrons. The Balaban J connectivity index is 1.83. The molecule has 1 amide bonds. The largest absolute Gasteiger partial charge is 0.352 e. The molecule has 0 saturated carbocycles. The Hall–Kier alpha value is -1.88. The number of nitrogens with zero attached hydrogens (tertiary/aromatic N) is 2. The summed E-state index contributed by atoms with van der Waals surface area (Å²) in [5, 5.41) is 2.91. The molecule has 1 fully saturated rings. The van der Waals surface area contributed by atoms with Gasteiger partial charge in [-0.05, 0) is 44.4 Å². The summed E-state index contributed by atoms with van der Waals surface area (Å²) in [5.74, 6) is 0.188. The summed E-state index contributed by atoms with van der Waals surface area (Å²) >= 11 is 0. The van der Waals surface area contributed by atoms with Crippen LogP contribution in [0.3, 0.4) is 0 Å². The van der Waals surface area contributed by atoms with Crippen LogP contribution in [-0.4, -0.2) is 41.6 Å². The van der Waals surface area contributed by atoms with Crippen LogP contribution in [0.1, 0.15) is 37.0 Å². The first-order valence-electron chi connectivity index (χ1n) is 8.33. The van der Waals surface area contributed by atoms with Crippen molar-refractivity contribution in [1.29, 1.82) is 0 Å². The van der Waals surface area contributed by atoms with E-state index in [1.807, 2.05) is 0 Å². The highest BCUT2D eigenvalue weighted by Gasteiger charge is 2.23. The van der Waals surface area contributed by atoms with Gasteiger partial charge >= 0.3 is 0 Å². The van der Waals surface area contributed by atoms with E-state index in [0.29, 0.717) is 12.5 Å². The molecule has 0 spiro atoms. The lowest BCUT2D eigenvalue weighted by molar-refractivity contribution is 0.0945. The van der Waals surface area contributed by atoms with Gasteiger partial charge in [0.1, 0.15) is 5.56 Å². The van der Waals surface area contributed by atoms with Crippen molar-refractivity contribution < 1.29 is 4.79 Å². The second-order valence-electron chi connectivity index (χ2n) is 6.40. The maximum absolute atomic E-state index is 12.2. The molecule has 0 aromatic carbocycles. The first-order chi connectivity index (χ1) is 11.0. The smallest absolute Gasteiger partial charge is 0.263 e. The van der Waals surface area contributed by atoms with Crippen LogP contribution in [-0.2, 0) is 7.05 Å². The van der Waals surface area contributed by atoms with Crippen LogP contribution < -0.4 is 10.9 Å². The molecule has 0 bridgehead atoms. The number of hydrogen-bond acceptors (Lipinski definition) is 3. The molecular weight excluding hydrogens is 290 g/mol. The summed E-state index contributed by atoms with van der Waals surface area (Å²) in [6, 6.07) is 3.30. The van der Waals surface area contributed by atoms with Crippen LogP contribution in [0.15, 0.2) is 34.8 Å². The van der Waals surface area contributed by atoms with Crippen molar-refractivity contribution in [3.05, 3.63) is 45.9 Å². The number of pyridine rings is 1. The van der Waals surface area contributed by atoms with E-state index in [9.17, 15) is 9.59 Å². The molecule has 2 heterocycles. The minimum atomic E-state index is -0.272. The highest BCUT2D eigenvalue weighted by atomic mass is 16.2. The van der Waals surface area contributed by atoms with E-state index in [4.69, 9.17) is 0 Å². The lowest BCUT2D eigenvalue weighted by Crippen LogP contribution is -2.35. The lowest BCUT2D eigenvalue weighted by Gasteiger charge is -2.16. The quantitative estimate of drug-likeness (QED) is 0.814. The maximum Gasteiger partial charge on any atom is 0.263 e. The Bertz CT molecular complexity index is 633. The number of allylic oxidation sites excluding steroid dienone is 1. The van der Waals surface area contributed by atoms with Crippen molar-refractivity contribution in [1.82, 2.24) is 14.8 Å². The Labute approximate surface area is 138 Å². The van der Waals surface area contributed by atoms with E-state index in [0.717, 1.165) is 32.5 Å². The molecule has 1 atom stereocenters. The number of hydrogen-bond donors (Lipinski definition) is 1. The molecule has 0 radical (unpaired) electrons. The Morgan fingerprint density at radius 1 is 1.48 bits per heavy atom. The normalized spacial score (nSPS) is 19.1. The van der Waals surface area contributed by atoms with Crippen LogP contribution in [0.5, 0.6) is 0 Å². The van der Waals surface area contributed by atoms with Gasteiger partial charge < -0.3 is 9.88 Å². The SMILES string of the molecule is CC/C=C(\C)CN1CC[C@H](CNC(=O)c2cccn(C)c2=O)C1. The van der Waals surface area contributed by atoms with Crippen molar-refractivity contribution in [2.75, 3.05) is 26.2 Å². The molecule has 5 heteroatoms. The van der Waals surface area contributed by atoms with E-state index in [1.165, 1.54) is 10.1 Å². The van der Waals surface area contributed by atoms with Gasteiger partial charge in [-0.3, -0.25) is 14.5 Å². The third-order valence-corrected chi connectivity index (χ3v) is 4.31. The Kier molecular flexibility index (Phi) is 6.16. The van der Waals surface area contributed by atoms with Crippen LogP contribution >= 0.6 is 0 Å². The van der Waals surface area contributed by atoms with Gasteiger partial charge in [0.2, 0.25) is 0 Å². The summed E-state index contributed by atoms with van der Waals surface area (Å²) in [6.07, 6.45) is 6.08. The number of carbonyl (C=O) groups is 1. The molecule has 2 rings (SSSR count). The minimum Gasteiger partial charge on any atom is -0.352 e. The molecule has 1 N–H and O–H groups in total. The van der Waals surface area contributed by atoms with Crippen molar-refractivity contribution in [2.24, 2.45) is 13.0 Å². The van der Waals surface area contributed by atoms with Gasteiger partial charge in [0, 0.05) is 32.9 Å². The zero-order valence-corrected chi connectivity index (χ0v) is 14.3. The highest BCUT2D eigenvalue weighted by molar-refractivity contribution is 5.93. The Morgan fingerprint density at radius 3 is 3.00 bits per heavy atom. The number of amides is 1. The van der Waals surface area contributed by atoms with Gasteiger partial charge in [-0.1, -0.05) is 18.6 Å². The third-order valence-electron chi connectivity index (χ3n) is 4.31. The number of rotatable bonds is 6. The number of likely N-dealkylation sites (tertiary alicyclic amines) is 1. The number of nitrogens with one attached hydrogen (secondary N) is 1. The molecule has 0 unspecified atom stereocenters. The predicted octanol–water partition coefficient (Wildman–Crippen LogP) is 1.79. The van der Waals surface area contributed by atoms with Crippen molar-refractivity contribution in [3.8, 4) is 0 Å². The fraction of sp³-hybridized carbons (Fsp3) is 0.556. The van der Waals surface area contributed by atoms with Crippen molar-refractivity contribution in [3.63, 3.8) is 0 Å². The Morgan fingerprint density at radius 2 is 2.26 bits per heavy atom. The summed E-state index contributed by atoms with van der Waals surface area (Å²) in [4.78, 5) is 26.5. The molecule has 1 aromatic rings. The van der Waals surface area contributed by atoms with Crippen molar-refractivity contribution in [2.45, 2.75) is 26.7 Å². The molecular formula is C18H27N3O2. The molecule has 1 saturated heterocycles. The summed E-state index contributed by atoms with van der Waals surface area (Å²) in [7, 11) is 1.65. The van der Waals surface area contributed by atoms with Crippen LogP contribution in [0, 0.1) is 5.92 Å². The van der Waals surface area contributed by atoms with E-state index in [-0.39, 0.29) is 17.0 Å². The number of carbonyl (C=O) groups excluding carboxylic acids is 1. The van der Waals surface area contributed by atoms with Gasteiger partial charge in [-0.15, -0.1) is 0 Å². The molecule has 1 aliphatic heterocycles. The van der Waals surface area contributed by atoms with E-state index in [1.54, 1.807) is 25.4 Å². The van der Waals surface area contributed by atoms with Gasteiger partial charge in [0.05, 0.1) is 0 Å². The first-order valence-corrected chi connectivity index (χ1v) is 8.33. The average Bonchev–Trinajstić information content (AvgIpc) is 2.95. The topological polar surface area (TPSA) is 54.3 Å². The first kappa shape index (κ1) is 17.5. The summed E-state index contributed by atoms with van der Waals surface area (Å²) < 4.78 is 1.43. The number of aryl methyl sites for hydroxylation is 1. The second-order valence-corrected chi connectivity index (χ2v) is 6.40. The van der Waals surface area contributed by atoms with Crippen molar-refractivity contribution >= 4 is 5.91 Å². The monoisotopic (exact) mass is 317 g/mol. The molecule has 0 aliphatic carbocycles. The predicted molar refractivity (Wildman–Crippen MR) is 92.6 cm³/mol. The zero-order valence-electron chi connectivity index (χ0n) is 14.3. The van der Waals surface area contributed by atoms with Gasteiger partial charge in [-0.2, -0.15) is 0 Å². The second kappa shape index (κ2) is 8.11. The molecule has 23 heavy (non-hydrogen) atoms. The van der Waals surface area contributed by atoms with E-state index >= 15 is 0 Å². The lowest BCUT2D eigenvalue weighted by atomic mass is 10.1. The van der Waals surface area contributed by atoms with E-state index < -0.39 is 0 Å². The zero-order chi connectivity index (χ0) is 16.8. The fourth-order valence-corrected chi connectivity index (χ4v) is 3.09. The van der Waals surface area contributed by atoms with E-state index in [2.05, 4.69) is 30.1 Å². The van der Waals surface area contributed by atoms with Gasteiger partial charge in [0.25, 0.3) is 11.5 Å². The van der Waals surface area contributed by atoms with Gasteiger partial charge in [-0.25, -0.2) is 0 Å². The number of aromatic nitrogens is 1. The van der Waals surface area contributed by atoms with Gasteiger partial charge in [0.15, 0.2) is 0 Å². The van der Waals surface area contributed by atoms with Crippen LogP contribution in [0.25, 0.3) is 0 Å². The van der Waals surface area contributed by atoms with Crippen LogP contribution in [0.2, 0.25) is 0 Å². The minimum absolute atomic E-state index is 0.214. The average molecular weight is 317 g/mol. The summed E-state index contributed by atoms with van der Waals surface area (Å²) in [5.41, 5.74) is 1.37.